The molecule has 1 aromatic heterocycles. The minimum atomic E-state index is -0.659. The van der Waals surface area contributed by atoms with Crippen LogP contribution in [-0.2, 0) is 9.59 Å². The number of carbonyl (C=O) groups is 2. The van der Waals surface area contributed by atoms with Crippen LogP contribution in [0.4, 0.5) is 17.3 Å². The van der Waals surface area contributed by atoms with Crippen molar-refractivity contribution >= 4 is 46.1 Å². The Morgan fingerprint density at radius 2 is 2.15 bits per heavy atom. The van der Waals surface area contributed by atoms with E-state index in [9.17, 15) is 19.7 Å². The molecule has 1 aliphatic heterocycles. The lowest BCUT2D eigenvalue weighted by Crippen LogP contribution is -2.28. The Labute approximate surface area is 157 Å². The third-order valence-electron chi connectivity index (χ3n) is 3.59. The van der Waals surface area contributed by atoms with Crippen LogP contribution in [0.2, 0.25) is 0 Å². The van der Waals surface area contributed by atoms with Gasteiger partial charge in [-0.25, -0.2) is 9.97 Å². The number of anilines is 1. The monoisotopic (exact) mass is 386 g/mol. The molecule has 1 atom stereocenters. The Bertz CT molecular complexity index is 934. The molecule has 1 fully saturated rings. The minimum absolute atomic E-state index is 0.0851. The molecule has 2 aromatic rings. The van der Waals surface area contributed by atoms with Gasteiger partial charge in [0, 0.05) is 36.1 Å². The van der Waals surface area contributed by atoms with Gasteiger partial charge in [0.15, 0.2) is 5.17 Å². The van der Waals surface area contributed by atoms with E-state index < -0.39 is 16.1 Å². The third kappa shape index (κ3) is 4.64. The highest BCUT2D eigenvalue weighted by Crippen LogP contribution is 2.26. The van der Waals surface area contributed by atoms with E-state index >= 15 is 0 Å². The summed E-state index contributed by atoms with van der Waals surface area (Å²) < 4.78 is 0. The Balaban J connectivity index is 1.63. The number of nitro groups is 1. The highest BCUT2D eigenvalue weighted by molar-refractivity contribution is 8.15. The first kappa shape index (κ1) is 18.5. The molecule has 0 saturated carbocycles. The summed E-state index contributed by atoms with van der Waals surface area (Å²) in [5, 5.41) is 15.8. The number of nitrogens with zero attached hydrogens (tertiary/aromatic N) is 4. The normalized spacial score (nSPS) is 17.6. The summed E-state index contributed by atoms with van der Waals surface area (Å²) in [6.07, 6.45) is 2.95. The van der Waals surface area contributed by atoms with Crippen LogP contribution < -0.4 is 10.6 Å². The number of nitrogens with one attached hydrogen (secondary N) is 2. The summed E-state index contributed by atoms with van der Waals surface area (Å²) in [7, 11) is 0. The van der Waals surface area contributed by atoms with Gasteiger partial charge in [-0.05, 0) is 19.1 Å². The van der Waals surface area contributed by atoms with Crippen molar-refractivity contribution in [1.29, 1.82) is 0 Å². The summed E-state index contributed by atoms with van der Waals surface area (Å²) in [6, 6.07) is 6.05. The van der Waals surface area contributed by atoms with E-state index in [2.05, 4.69) is 25.6 Å². The van der Waals surface area contributed by atoms with E-state index in [0.717, 1.165) is 11.8 Å². The predicted molar refractivity (Wildman–Crippen MR) is 99.7 cm³/mol. The van der Waals surface area contributed by atoms with Crippen molar-refractivity contribution in [3.05, 3.63) is 52.3 Å². The van der Waals surface area contributed by atoms with Gasteiger partial charge in [-0.2, -0.15) is 4.99 Å². The Morgan fingerprint density at radius 3 is 2.85 bits per heavy atom. The molecule has 2 heterocycles. The first-order valence-corrected chi connectivity index (χ1v) is 8.68. The van der Waals surface area contributed by atoms with Gasteiger partial charge in [0.05, 0.1) is 4.92 Å². The number of aromatic nitrogens is 2. The second-order valence-electron chi connectivity index (χ2n) is 5.57. The average molecular weight is 386 g/mol. The van der Waals surface area contributed by atoms with Gasteiger partial charge in [0.25, 0.3) is 11.6 Å². The molecule has 1 saturated heterocycles. The van der Waals surface area contributed by atoms with Gasteiger partial charge >= 0.3 is 0 Å². The van der Waals surface area contributed by atoms with Crippen molar-refractivity contribution in [3.8, 4) is 0 Å². The van der Waals surface area contributed by atoms with Gasteiger partial charge in [-0.15, -0.1) is 0 Å². The maximum Gasteiger partial charge on any atom is 0.274 e. The zero-order valence-electron chi connectivity index (χ0n) is 14.1. The van der Waals surface area contributed by atoms with E-state index in [0.29, 0.717) is 16.4 Å². The molecule has 1 unspecified atom stereocenters. The molecule has 0 bridgehead atoms. The average Bonchev–Trinajstić information content (AvgIpc) is 2.96. The first-order valence-electron chi connectivity index (χ1n) is 7.80. The molecule has 0 spiro atoms. The van der Waals surface area contributed by atoms with Crippen molar-refractivity contribution < 1.29 is 14.5 Å². The highest BCUT2D eigenvalue weighted by atomic mass is 32.2. The molecule has 11 heteroatoms. The van der Waals surface area contributed by atoms with E-state index in [1.54, 1.807) is 25.1 Å². The van der Waals surface area contributed by atoms with Crippen LogP contribution >= 0.6 is 11.8 Å². The maximum absolute atomic E-state index is 12.2. The fourth-order valence-corrected chi connectivity index (χ4v) is 3.26. The number of hydrogen-bond donors (Lipinski definition) is 2. The van der Waals surface area contributed by atoms with Crippen LogP contribution in [0.1, 0.15) is 12.0 Å². The Morgan fingerprint density at radius 1 is 1.41 bits per heavy atom. The van der Waals surface area contributed by atoms with Crippen molar-refractivity contribution in [2.24, 2.45) is 4.99 Å². The Kier molecular flexibility index (Phi) is 5.41. The second kappa shape index (κ2) is 7.91. The van der Waals surface area contributed by atoms with Crippen molar-refractivity contribution in [2.45, 2.75) is 18.6 Å². The maximum atomic E-state index is 12.2. The molecule has 0 radical (unpaired) electrons. The number of amidine groups is 1. The van der Waals surface area contributed by atoms with Crippen molar-refractivity contribution in [3.63, 3.8) is 0 Å². The number of thioether (sulfide) groups is 1. The fraction of sp³-hybridized carbons (Fsp3) is 0.188. The molecule has 1 aliphatic rings. The molecule has 0 aliphatic carbocycles. The number of nitro benzene ring substituents is 1. The van der Waals surface area contributed by atoms with E-state index in [1.165, 1.54) is 18.5 Å². The van der Waals surface area contributed by atoms with Crippen LogP contribution in [0, 0.1) is 17.0 Å². The number of amides is 2. The lowest BCUT2D eigenvalue weighted by molar-refractivity contribution is -0.385. The van der Waals surface area contributed by atoms with Crippen LogP contribution in [0.5, 0.6) is 0 Å². The number of aryl methyl sites for hydroxylation is 1. The predicted octanol–water partition coefficient (Wildman–Crippen LogP) is 1.94. The van der Waals surface area contributed by atoms with Gasteiger partial charge in [-0.3, -0.25) is 19.7 Å². The molecule has 3 rings (SSSR count). The number of aliphatic imine (C=N–C) groups is 1. The van der Waals surface area contributed by atoms with Gasteiger partial charge < -0.3 is 10.6 Å². The summed E-state index contributed by atoms with van der Waals surface area (Å²) in [6.45, 7) is 1.61. The molecule has 1 aromatic carbocycles. The molecular weight excluding hydrogens is 372 g/mol. The summed E-state index contributed by atoms with van der Waals surface area (Å²) in [5.74, 6) is -0.574. The molecule has 27 heavy (non-hydrogen) atoms. The lowest BCUT2D eigenvalue weighted by atomic mass is 10.2. The lowest BCUT2D eigenvalue weighted by Gasteiger charge is -2.08. The standard InChI is InChI=1S/C16H14N6O4S/c1-9-3-4-10(7-11(9)22(25)26)19-13(23)8-12-14(24)20-16(27-12)21-15-17-5-2-6-18-15/h2-7,12H,8H2,1H3,(H,19,23)(H,17,18,20,21,24). The summed E-state index contributed by atoms with van der Waals surface area (Å²) >= 11 is 1.10. The molecular formula is C16H14N6O4S. The fourth-order valence-electron chi connectivity index (χ4n) is 2.30. The van der Waals surface area contributed by atoms with E-state index in [-0.39, 0.29) is 24.0 Å². The SMILES string of the molecule is Cc1ccc(NC(=O)CC2S/C(=N\c3ncccn3)NC2=O)cc1[N+](=O)[O-]. The van der Waals surface area contributed by atoms with Crippen LogP contribution in [0.15, 0.2) is 41.7 Å². The number of benzene rings is 1. The number of carbonyl (C=O) groups excluding carboxylic acids is 2. The topological polar surface area (TPSA) is 139 Å². The zero-order valence-corrected chi connectivity index (χ0v) is 14.9. The van der Waals surface area contributed by atoms with E-state index in [1.807, 2.05) is 0 Å². The molecule has 10 nitrogen and oxygen atoms in total. The van der Waals surface area contributed by atoms with Crippen molar-refractivity contribution in [2.75, 3.05) is 5.32 Å². The minimum Gasteiger partial charge on any atom is -0.326 e. The molecule has 2 amide bonds. The van der Waals surface area contributed by atoms with Gasteiger partial charge in [0.2, 0.25) is 11.8 Å². The zero-order chi connectivity index (χ0) is 19.4. The molecule has 2 N–H and O–H groups in total. The van der Waals surface area contributed by atoms with Crippen molar-refractivity contribution in [1.82, 2.24) is 15.3 Å². The third-order valence-corrected chi connectivity index (χ3v) is 4.67. The summed E-state index contributed by atoms with van der Waals surface area (Å²) in [5.41, 5.74) is 0.707. The van der Waals surface area contributed by atoms with Gasteiger partial charge in [0.1, 0.15) is 5.25 Å². The van der Waals surface area contributed by atoms with Crippen LogP contribution in [0.25, 0.3) is 0 Å². The number of rotatable bonds is 5. The quantitative estimate of drug-likeness (QED) is 0.591. The highest BCUT2D eigenvalue weighted by Gasteiger charge is 2.32. The van der Waals surface area contributed by atoms with Gasteiger partial charge in [-0.1, -0.05) is 17.8 Å². The molecule has 138 valence electrons. The van der Waals surface area contributed by atoms with E-state index in [4.69, 9.17) is 0 Å². The second-order valence-corrected chi connectivity index (χ2v) is 6.76. The first-order chi connectivity index (χ1) is 12.9. The number of hydrogen-bond acceptors (Lipinski definition) is 8. The van der Waals surface area contributed by atoms with Crippen LogP contribution in [-0.4, -0.2) is 37.1 Å². The Hall–Kier alpha value is -3.34. The largest absolute Gasteiger partial charge is 0.326 e. The summed E-state index contributed by atoms with van der Waals surface area (Å²) in [4.78, 5) is 46.7. The van der Waals surface area contributed by atoms with Crippen LogP contribution in [0.3, 0.4) is 0 Å². The smallest absolute Gasteiger partial charge is 0.274 e.